The molecule has 0 aliphatic carbocycles. The summed E-state index contributed by atoms with van der Waals surface area (Å²) in [6.45, 7) is 4.63. The number of carbonyl (C=O) groups is 2. The zero-order valence-corrected chi connectivity index (χ0v) is 20.3. The molecule has 0 aromatic heterocycles. The van der Waals surface area contributed by atoms with E-state index in [-0.39, 0.29) is 18.9 Å². The number of amidine groups is 1. The smallest absolute Gasteiger partial charge is 0.338 e. The van der Waals surface area contributed by atoms with Crippen LogP contribution in [0.4, 0.5) is 0 Å². The van der Waals surface area contributed by atoms with Gasteiger partial charge in [-0.1, -0.05) is 11.8 Å². The maximum absolute atomic E-state index is 13.0. The van der Waals surface area contributed by atoms with Crippen molar-refractivity contribution in [3.63, 3.8) is 0 Å². The molecule has 1 unspecified atom stereocenters. The summed E-state index contributed by atoms with van der Waals surface area (Å²) in [6.07, 6.45) is 0.127. The van der Waals surface area contributed by atoms with Gasteiger partial charge in [0.15, 0.2) is 5.17 Å². The number of benzene rings is 1. The number of amides is 1. The van der Waals surface area contributed by atoms with Gasteiger partial charge in [0.05, 0.1) is 51.2 Å². The average Bonchev–Trinajstić information content (AvgIpc) is 3.19. The Hall–Kier alpha value is -2.98. The van der Waals surface area contributed by atoms with E-state index in [1.165, 1.54) is 11.8 Å². The molecule has 0 radical (unpaired) electrons. The molecule has 1 N–H and O–H groups in total. The van der Waals surface area contributed by atoms with E-state index >= 15 is 0 Å². The summed E-state index contributed by atoms with van der Waals surface area (Å²) in [4.78, 5) is 32.1. The topological polar surface area (TPSA) is 98.7 Å². The van der Waals surface area contributed by atoms with Crippen molar-refractivity contribution in [2.24, 2.45) is 4.99 Å². The van der Waals surface area contributed by atoms with Gasteiger partial charge < -0.3 is 29.2 Å². The van der Waals surface area contributed by atoms with Gasteiger partial charge in [-0.2, -0.15) is 0 Å². The average molecular weight is 476 g/mol. The Bertz CT molecular complexity index is 982. The number of aliphatic imine (C=N–C) groups is 1. The van der Waals surface area contributed by atoms with Crippen LogP contribution < -0.4 is 14.8 Å². The molecule has 1 atom stereocenters. The van der Waals surface area contributed by atoms with E-state index in [0.717, 1.165) is 11.3 Å². The van der Waals surface area contributed by atoms with E-state index in [1.54, 1.807) is 41.2 Å². The summed E-state index contributed by atoms with van der Waals surface area (Å²) in [6, 6.07) is 4.90. The molecule has 0 spiro atoms. The summed E-state index contributed by atoms with van der Waals surface area (Å²) in [5.74, 6) is 0.574. The normalized spacial score (nSPS) is 17.2. The van der Waals surface area contributed by atoms with Gasteiger partial charge in [-0.3, -0.25) is 4.79 Å². The van der Waals surface area contributed by atoms with Crippen LogP contribution in [0.15, 0.2) is 45.6 Å². The quantitative estimate of drug-likeness (QED) is 0.407. The molecule has 3 rings (SSSR count). The molecule has 9 nitrogen and oxygen atoms in total. The number of carbonyl (C=O) groups excluding carboxylic acids is 2. The zero-order valence-electron chi connectivity index (χ0n) is 19.5. The summed E-state index contributed by atoms with van der Waals surface area (Å²) in [5, 5.41) is 5.41. The number of ether oxygens (including phenoxy) is 4. The van der Waals surface area contributed by atoms with Crippen LogP contribution in [0.3, 0.4) is 0 Å². The molecule has 1 aromatic carbocycles. The van der Waals surface area contributed by atoms with E-state index < -0.39 is 12.0 Å². The van der Waals surface area contributed by atoms with Gasteiger partial charge in [0.25, 0.3) is 0 Å². The molecule has 2 aliphatic rings. The molecule has 2 aliphatic heterocycles. The highest BCUT2D eigenvalue weighted by molar-refractivity contribution is 8.16. The lowest BCUT2D eigenvalue weighted by molar-refractivity contribution is -0.139. The predicted molar refractivity (Wildman–Crippen MR) is 126 cm³/mol. The van der Waals surface area contributed by atoms with Gasteiger partial charge in [0, 0.05) is 25.4 Å². The molecular formula is C23H29N3O6S. The van der Waals surface area contributed by atoms with E-state index in [1.807, 2.05) is 22.4 Å². The highest BCUT2D eigenvalue weighted by atomic mass is 32.2. The molecular weight excluding hydrogens is 446 g/mol. The van der Waals surface area contributed by atoms with Crippen LogP contribution >= 0.6 is 11.8 Å². The van der Waals surface area contributed by atoms with E-state index in [2.05, 4.69) is 10.3 Å². The lowest BCUT2D eigenvalue weighted by Crippen LogP contribution is -2.38. The fourth-order valence-corrected chi connectivity index (χ4v) is 4.63. The molecule has 1 amide bonds. The number of methoxy groups -OCH3 is 3. The third-order valence-electron chi connectivity index (χ3n) is 5.16. The minimum Gasteiger partial charge on any atom is -0.497 e. The first-order valence-corrected chi connectivity index (χ1v) is 11.4. The summed E-state index contributed by atoms with van der Waals surface area (Å²) in [7, 11) is 4.72. The Morgan fingerprint density at radius 2 is 1.85 bits per heavy atom. The van der Waals surface area contributed by atoms with Crippen molar-refractivity contribution < 1.29 is 28.5 Å². The van der Waals surface area contributed by atoms with Crippen molar-refractivity contribution in [3.8, 4) is 11.5 Å². The first-order chi connectivity index (χ1) is 15.9. The Morgan fingerprint density at radius 3 is 2.45 bits per heavy atom. The van der Waals surface area contributed by atoms with Crippen LogP contribution in [0.2, 0.25) is 0 Å². The summed E-state index contributed by atoms with van der Waals surface area (Å²) >= 11 is 1.41. The van der Waals surface area contributed by atoms with Crippen molar-refractivity contribution in [2.45, 2.75) is 26.3 Å². The largest absolute Gasteiger partial charge is 0.497 e. The van der Waals surface area contributed by atoms with Gasteiger partial charge in [-0.15, -0.1) is 0 Å². The number of allylic oxidation sites excluding steroid dienone is 1. The Labute approximate surface area is 197 Å². The van der Waals surface area contributed by atoms with E-state index in [0.29, 0.717) is 41.1 Å². The molecule has 178 valence electrons. The number of nitrogens with zero attached hydrogens (tertiary/aromatic N) is 2. The second kappa shape index (κ2) is 11.2. The van der Waals surface area contributed by atoms with Crippen LogP contribution in [0.5, 0.6) is 11.5 Å². The SMILES string of the molecule is CCOC(=O)C1=C(C)N=C2SC=C(CC(=O)NCCOC)N2C1c1cc(OC)cc(OC)c1. The lowest BCUT2D eigenvalue weighted by atomic mass is 9.93. The van der Waals surface area contributed by atoms with Crippen molar-refractivity contribution in [1.29, 1.82) is 0 Å². The first-order valence-electron chi connectivity index (χ1n) is 10.5. The monoisotopic (exact) mass is 475 g/mol. The lowest BCUT2D eigenvalue weighted by Gasteiger charge is -2.36. The molecule has 2 heterocycles. The minimum absolute atomic E-state index is 0.127. The number of hydrogen-bond donors (Lipinski definition) is 1. The number of esters is 1. The van der Waals surface area contributed by atoms with E-state index in [9.17, 15) is 9.59 Å². The number of thioether (sulfide) groups is 1. The molecule has 33 heavy (non-hydrogen) atoms. The molecule has 0 fully saturated rings. The number of hydrogen-bond acceptors (Lipinski definition) is 9. The third kappa shape index (κ3) is 5.51. The number of fused-ring (bicyclic) bond motifs is 1. The maximum atomic E-state index is 13.0. The highest BCUT2D eigenvalue weighted by Crippen LogP contribution is 2.46. The van der Waals surface area contributed by atoms with Crippen LogP contribution in [0.25, 0.3) is 0 Å². The summed E-state index contributed by atoms with van der Waals surface area (Å²) < 4.78 is 21.3. The Kier molecular flexibility index (Phi) is 8.40. The van der Waals surface area contributed by atoms with Crippen LogP contribution in [-0.4, -0.2) is 63.0 Å². The predicted octanol–water partition coefficient (Wildman–Crippen LogP) is 2.99. The minimum atomic E-state index is -0.562. The van der Waals surface area contributed by atoms with Crippen molar-refractivity contribution >= 4 is 28.8 Å². The van der Waals surface area contributed by atoms with Crippen LogP contribution in [0.1, 0.15) is 31.9 Å². The second-order valence-corrected chi connectivity index (χ2v) is 8.12. The number of nitrogens with one attached hydrogen (secondary N) is 1. The van der Waals surface area contributed by atoms with Crippen molar-refractivity contribution in [1.82, 2.24) is 10.2 Å². The van der Waals surface area contributed by atoms with Crippen molar-refractivity contribution in [2.75, 3.05) is 41.1 Å². The standard InChI is InChI=1S/C23H29N3O6S/c1-6-32-22(28)20-14(2)25-23-26(16(13-33-23)11-19(27)24-7-8-29-3)21(20)15-9-17(30-4)12-18(10-15)31-5/h9-10,12-13,21H,6-8,11H2,1-5H3,(H,24,27). The second-order valence-electron chi connectivity index (χ2n) is 7.28. The van der Waals surface area contributed by atoms with Gasteiger partial charge in [-0.25, -0.2) is 9.79 Å². The van der Waals surface area contributed by atoms with Gasteiger partial charge in [0.2, 0.25) is 5.91 Å². The fourth-order valence-electron chi connectivity index (χ4n) is 3.66. The molecule has 0 saturated heterocycles. The zero-order chi connectivity index (χ0) is 24.0. The Morgan fingerprint density at radius 1 is 1.15 bits per heavy atom. The van der Waals surface area contributed by atoms with Gasteiger partial charge in [-0.05, 0) is 37.0 Å². The van der Waals surface area contributed by atoms with Crippen LogP contribution in [0, 0.1) is 0 Å². The molecule has 0 bridgehead atoms. The van der Waals surface area contributed by atoms with E-state index in [4.69, 9.17) is 18.9 Å². The van der Waals surface area contributed by atoms with Crippen LogP contribution in [-0.2, 0) is 19.1 Å². The molecule has 10 heteroatoms. The molecule has 0 saturated carbocycles. The highest BCUT2D eigenvalue weighted by Gasteiger charge is 2.41. The molecule has 1 aromatic rings. The third-order valence-corrected chi connectivity index (χ3v) is 6.04. The fraction of sp³-hybridized carbons (Fsp3) is 0.435. The maximum Gasteiger partial charge on any atom is 0.338 e. The summed E-state index contributed by atoms with van der Waals surface area (Å²) in [5.41, 5.74) is 2.46. The van der Waals surface area contributed by atoms with Gasteiger partial charge in [0.1, 0.15) is 11.5 Å². The Balaban J connectivity index is 2.04. The van der Waals surface area contributed by atoms with Crippen molar-refractivity contribution in [3.05, 3.63) is 46.1 Å². The first kappa shape index (κ1) is 24.7. The number of rotatable bonds is 10. The van der Waals surface area contributed by atoms with Gasteiger partial charge >= 0.3 is 5.97 Å².